The summed E-state index contributed by atoms with van der Waals surface area (Å²) in [6.45, 7) is 0.975. The Labute approximate surface area is 119 Å². The van der Waals surface area contributed by atoms with Crippen LogP contribution >= 0.6 is 0 Å². The third-order valence-electron chi connectivity index (χ3n) is 3.99. The molecule has 1 heterocycles. The van der Waals surface area contributed by atoms with Crippen molar-refractivity contribution in [3.63, 3.8) is 0 Å². The van der Waals surface area contributed by atoms with Crippen LogP contribution < -0.4 is 10.1 Å². The lowest BCUT2D eigenvalue weighted by atomic mass is 9.93. The van der Waals surface area contributed by atoms with Gasteiger partial charge in [-0.3, -0.25) is 0 Å². The highest BCUT2D eigenvalue weighted by molar-refractivity contribution is 5.29. The Morgan fingerprint density at radius 3 is 3.20 bits per heavy atom. The van der Waals surface area contributed by atoms with Crippen LogP contribution in [0, 0.1) is 0 Å². The molecule has 3 nitrogen and oxygen atoms in total. The molecule has 1 aliphatic rings. The Balaban J connectivity index is 1.56. The van der Waals surface area contributed by atoms with Crippen molar-refractivity contribution < 1.29 is 9.15 Å². The number of aryl methyl sites for hydroxylation is 1. The molecule has 1 aromatic heterocycles. The monoisotopic (exact) mass is 271 g/mol. The molecule has 3 rings (SSSR count). The summed E-state index contributed by atoms with van der Waals surface area (Å²) in [6, 6.07) is 10.8. The zero-order chi connectivity index (χ0) is 13.8. The summed E-state index contributed by atoms with van der Waals surface area (Å²) < 4.78 is 10.8. The molecule has 0 amide bonds. The Kier molecular flexibility index (Phi) is 4.07. The van der Waals surface area contributed by atoms with Crippen molar-refractivity contribution in [2.45, 2.75) is 31.7 Å². The number of hydrogen-bond donors (Lipinski definition) is 1. The lowest BCUT2D eigenvalue weighted by molar-refractivity contribution is 0.410. The minimum absolute atomic E-state index is 0.447. The van der Waals surface area contributed by atoms with Crippen LogP contribution in [-0.4, -0.2) is 13.7 Å². The van der Waals surface area contributed by atoms with Crippen LogP contribution in [0.5, 0.6) is 5.75 Å². The molecule has 0 saturated heterocycles. The van der Waals surface area contributed by atoms with E-state index in [-0.39, 0.29) is 0 Å². The van der Waals surface area contributed by atoms with Crippen molar-refractivity contribution in [3.05, 3.63) is 53.5 Å². The lowest BCUT2D eigenvalue weighted by Crippen LogP contribution is -2.26. The smallest absolute Gasteiger partial charge is 0.119 e. The molecule has 1 unspecified atom stereocenters. The van der Waals surface area contributed by atoms with E-state index in [4.69, 9.17) is 9.15 Å². The maximum Gasteiger partial charge on any atom is 0.119 e. The van der Waals surface area contributed by atoms with Gasteiger partial charge in [0.2, 0.25) is 0 Å². The average molecular weight is 271 g/mol. The maximum atomic E-state index is 5.52. The third kappa shape index (κ3) is 2.88. The second kappa shape index (κ2) is 6.14. The highest BCUT2D eigenvalue weighted by Gasteiger charge is 2.21. The van der Waals surface area contributed by atoms with Gasteiger partial charge in [-0.2, -0.15) is 0 Å². The first-order valence-electron chi connectivity index (χ1n) is 7.29. The van der Waals surface area contributed by atoms with Crippen LogP contribution in [-0.2, 0) is 12.8 Å². The molecule has 0 aliphatic heterocycles. The molecule has 106 valence electrons. The van der Waals surface area contributed by atoms with E-state index in [1.54, 1.807) is 7.11 Å². The number of hydrogen-bond acceptors (Lipinski definition) is 3. The summed E-state index contributed by atoms with van der Waals surface area (Å²) >= 11 is 0. The molecule has 2 aromatic rings. The number of nitrogens with one attached hydrogen (secondary N) is 1. The first kappa shape index (κ1) is 13.3. The average Bonchev–Trinajstić information content (AvgIpc) is 2.97. The Morgan fingerprint density at radius 2 is 2.30 bits per heavy atom. The molecule has 1 aromatic carbocycles. The van der Waals surface area contributed by atoms with Gasteiger partial charge in [0, 0.05) is 18.0 Å². The molecule has 1 N–H and O–H groups in total. The van der Waals surface area contributed by atoms with Gasteiger partial charge in [0.25, 0.3) is 0 Å². The summed E-state index contributed by atoms with van der Waals surface area (Å²) in [6.07, 6.45) is 6.31. The zero-order valence-corrected chi connectivity index (χ0v) is 11.9. The van der Waals surface area contributed by atoms with Crippen LogP contribution in [0.3, 0.4) is 0 Å². The normalized spacial score (nSPS) is 17.8. The van der Waals surface area contributed by atoms with Gasteiger partial charge in [0.1, 0.15) is 11.5 Å². The Hall–Kier alpha value is -1.74. The number of rotatable bonds is 5. The quantitative estimate of drug-likeness (QED) is 0.904. The fourth-order valence-electron chi connectivity index (χ4n) is 2.92. The molecule has 0 fully saturated rings. The molecule has 1 atom stereocenters. The molecule has 3 heteroatoms. The SMILES string of the molecule is COc1cccc(CCNC2CCCc3occc32)c1. The predicted octanol–water partition coefficient (Wildman–Crippen LogP) is 3.50. The van der Waals surface area contributed by atoms with Crippen molar-refractivity contribution in [1.29, 1.82) is 0 Å². The van der Waals surface area contributed by atoms with E-state index in [9.17, 15) is 0 Å². The van der Waals surface area contributed by atoms with E-state index in [0.717, 1.165) is 30.9 Å². The largest absolute Gasteiger partial charge is 0.497 e. The van der Waals surface area contributed by atoms with Crippen LogP contribution in [0.1, 0.15) is 35.8 Å². The molecular formula is C17H21NO2. The molecule has 0 spiro atoms. The summed E-state index contributed by atoms with van der Waals surface area (Å²) in [5, 5.41) is 3.65. The van der Waals surface area contributed by atoms with Gasteiger partial charge in [-0.05, 0) is 49.6 Å². The van der Waals surface area contributed by atoms with Gasteiger partial charge >= 0.3 is 0 Å². The lowest BCUT2D eigenvalue weighted by Gasteiger charge is -2.22. The first-order chi connectivity index (χ1) is 9.86. The van der Waals surface area contributed by atoms with Gasteiger partial charge in [0.05, 0.1) is 13.4 Å². The van der Waals surface area contributed by atoms with Crippen LogP contribution in [0.15, 0.2) is 41.0 Å². The number of furan rings is 1. The second-order valence-electron chi connectivity index (χ2n) is 5.30. The van der Waals surface area contributed by atoms with Gasteiger partial charge < -0.3 is 14.5 Å². The zero-order valence-electron chi connectivity index (χ0n) is 11.9. The van der Waals surface area contributed by atoms with Crippen LogP contribution in [0.4, 0.5) is 0 Å². The van der Waals surface area contributed by atoms with Crippen molar-refractivity contribution in [3.8, 4) is 5.75 Å². The Bertz CT molecular complexity index is 562. The molecule has 0 bridgehead atoms. The molecule has 20 heavy (non-hydrogen) atoms. The summed E-state index contributed by atoms with van der Waals surface area (Å²) in [4.78, 5) is 0. The predicted molar refractivity (Wildman–Crippen MR) is 79.1 cm³/mol. The second-order valence-corrected chi connectivity index (χ2v) is 5.30. The number of ether oxygens (including phenoxy) is 1. The minimum Gasteiger partial charge on any atom is -0.497 e. The van der Waals surface area contributed by atoms with E-state index in [2.05, 4.69) is 23.5 Å². The van der Waals surface area contributed by atoms with E-state index in [1.807, 2.05) is 18.4 Å². The minimum atomic E-state index is 0.447. The molecule has 0 saturated carbocycles. The van der Waals surface area contributed by atoms with Crippen molar-refractivity contribution in [2.75, 3.05) is 13.7 Å². The van der Waals surface area contributed by atoms with Crippen molar-refractivity contribution in [1.82, 2.24) is 5.32 Å². The van der Waals surface area contributed by atoms with Crippen molar-refractivity contribution in [2.24, 2.45) is 0 Å². The molecular weight excluding hydrogens is 250 g/mol. The van der Waals surface area contributed by atoms with Gasteiger partial charge in [0.15, 0.2) is 0 Å². The van der Waals surface area contributed by atoms with E-state index >= 15 is 0 Å². The maximum absolute atomic E-state index is 5.52. The third-order valence-corrected chi connectivity index (χ3v) is 3.99. The van der Waals surface area contributed by atoms with Gasteiger partial charge in [-0.15, -0.1) is 0 Å². The fraction of sp³-hybridized carbons (Fsp3) is 0.412. The van der Waals surface area contributed by atoms with E-state index < -0.39 is 0 Å². The van der Waals surface area contributed by atoms with Crippen molar-refractivity contribution >= 4 is 0 Å². The molecule has 0 radical (unpaired) electrons. The van der Waals surface area contributed by atoms with E-state index in [1.165, 1.54) is 24.0 Å². The standard InChI is InChI=1S/C17H21NO2/c1-19-14-5-2-4-13(12-14)8-10-18-16-6-3-7-17-15(16)9-11-20-17/h2,4-5,9,11-12,16,18H,3,6-8,10H2,1H3. The topological polar surface area (TPSA) is 34.4 Å². The highest BCUT2D eigenvalue weighted by atomic mass is 16.5. The molecule has 1 aliphatic carbocycles. The van der Waals surface area contributed by atoms with Crippen LogP contribution in [0.2, 0.25) is 0 Å². The van der Waals surface area contributed by atoms with Gasteiger partial charge in [-0.25, -0.2) is 0 Å². The number of benzene rings is 1. The summed E-state index contributed by atoms with van der Waals surface area (Å²) in [7, 11) is 1.71. The first-order valence-corrected chi connectivity index (χ1v) is 7.29. The van der Waals surface area contributed by atoms with Gasteiger partial charge in [-0.1, -0.05) is 12.1 Å². The number of methoxy groups -OCH3 is 1. The van der Waals surface area contributed by atoms with E-state index in [0.29, 0.717) is 6.04 Å². The van der Waals surface area contributed by atoms with Crippen LogP contribution in [0.25, 0.3) is 0 Å². The summed E-state index contributed by atoms with van der Waals surface area (Å²) in [5.74, 6) is 2.09. The highest BCUT2D eigenvalue weighted by Crippen LogP contribution is 2.30. The number of fused-ring (bicyclic) bond motifs is 1. The summed E-state index contributed by atoms with van der Waals surface area (Å²) in [5.41, 5.74) is 2.65. The Morgan fingerprint density at radius 1 is 1.35 bits per heavy atom. The fourth-order valence-corrected chi connectivity index (χ4v) is 2.92.